The number of carbonyl (C=O) groups is 2. The number of benzene rings is 3. The Kier molecular flexibility index (Phi) is 7.97. The lowest BCUT2D eigenvalue weighted by molar-refractivity contribution is -0.140. The van der Waals surface area contributed by atoms with Gasteiger partial charge < -0.3 is 14.8 Å². The smallest absolute Gasteiger partial charge is 0.336 e. The van der Waals surface area contributed by atoms with Crippen molar-refractivity contribution in [3.8, 4) is 5.75 Å². The Morgan fingerprint density at radius 1 is 0.923 bits per heavy atom. The highest BCUT2D eigenvalue weighted by Gasteiger charge is 2.42. The van der Waals surface area contributed by atoms with Crippen LogP contribution in [-0.4, -0.2) is 18.4 Å². The maximum atomic E-state index is 13.9. The summed E-state index contributed by atoms with van der Waals surface area (Å²) in [5.41, 5.74) is 5.68. The van der Waals surface area contributed by atoms with Gasteiger partial charge in [-0.15, -0.1) is 0 Å². The molecule has 0 aromatic heterocycles. The number of Topliss-reactive ketones (excluding diaryl/α,β-unsaturated/α-hetero) is 1. The summed E-state index contributed by atoms with van der Waals surface area (Å²) in [4.78, 5) is 27.5. The third-order valence-corrected chi connectivity index (χ3v) is 7.33. The number of ether oxygens (including phenoxy) is 2. The standard InChI is InChI=1S/C34H35NO4/c1-22(2)20-39-34(37)31-23(3)35-28-18-26(25-14-8-5-9-15-25)19-29(36)33(28)32(31)27-16-10-11-17-30(27)38-21-24-12-6-4-7-13-24/h4-17,22,26,32,35H,18-21H2,1-3H3. The molecule has 2 unspecified atom stereocenters. The Morgan fingerprint density at radius 3 is 2.31 bits per heavy atom. The van der Waals surface area contributed by atoms with Gasteiger partial charge in [0, 0.05) is 29.0 Å². The second kappa shape index (κ2) is 11.7. The molecule has 0 amide bonds. The van der Waals surface area contributed by atoms with E-state index in [0.717, 1.165) is 22.4 Å². The van der Waals surface area contributed by atoms with Crippen LogP contribution in [0.15, 0.2) is 107 Å². The van der Waals surface area contributed by atoms with Crippen LogP contribution in [0.3, 0.4) is 0 Å². The van der Waals surface area contributed by atoms with Gasteiger partial charge in [-0.05, 0) is 42.4 Å². The van der Waals surface area contributed by atoms with Gasteiger partial charge in [0.15, 0.2) is 5.78 Å². The van der Waals surface area contributed by atoms with Crippen molar-refractivity contribution in [2.24, 2.45) is 5.92 Å². The monoisotopic (exact) mass is 521 g/mol. The van der Waals surface area contributed by atoms with Crippen molar-refractivity contribution in [3.63, 3.8) is 0 Å². The Morgan fingerprint density at radius 2 is 1.59 bits per heavy atom. The van der Waals surface area contributed by atoms with Crippen molar-refractivity contribution in [3.05, 3.63) is 124 Å². The number of carbonyl (C=O) groups excluding carboxylic acids is 2. The molecular formula is C34H35NO4. The maximum Gasteiger partial charge on any atom is 0.336 e. The van der Waals surface area contributed by atoms with Gasteiger partial charge in [0.2, 0.25) is 0 Å². The molecule has 5 nitrogen and oxygen atoms in total. The fraction of sp³-hybridized carbons (Fsp3) is 0.294. The normalized spacial score (nSPS) is 19.0. The maximum absolute atomic E-state index is 13.9. The summed E-state index contributed by atoms with van der Waals surface area (Å²) in [7, 11) is 0. The molecular weight excluding hydrogens is 486 g/mol. The summed E-state index contributed by atoms with van der Waals surface area (Å²) in [5, 5.41) is 3.44. The zero-order chi connectivity index (χ0) is 27.4. The van der Waals surface area contributed by atoms with Crippen molar-refractivity contribution in [1.82, 2.24) is 5.32 Å². The molecule has 0 saturated heterocycles. The predicted octanol–water partition coefficient (Wildman–Crippen LogP) is 6.83. The SMILES string of the molecule is CC1=C(C(=O)OCC(C)C)C(c2ccccc2OCc2ccccc2)C2=C(CC(c3ccccc3)CC2=O)N1. The van der Waals surface area contributed by atoms with E-state index in [1.165, 1.54) is 0 Å². The minimum absolute atomic E-state index is 0.0436. The van der Waals surface area contributed by atoms with Crippen molar-refractivity contribution in [2.45, 2.75) is 52.1 Å². The summed E-state index contributed by atoms with van der Waals surface area (Å²) < 4.78 is 12.0. The van der Waals surface area contributed by atoms with E-state index >= 15 is 0 Å². The van der Waals surface area contributed by atoms with Crippen LogP contribution < -0.4 is 10.1 Å². The van der Waals surface area contributed by atoms with Gasteiger partial charge in [0.1, 0.15) is 12.4 Å². The van der Waals surface area contributed by atoms with Crippen molar-refractivity contribution < 1.29 is 19.1 Å². The molecule has 0 bridgehead atoms. The van der Waals surface area contributed by atoms with Crippen LogP contribution in [0.5, 0.6) is 5.75 Å². The molecule has 3 aromatic rings. The van der Waals surface area contributed by atoms with Crippen LogP contribution in [-0.2, 0) is 20.9 Å². The summed E-state index contributed by atoms with van der Waals surface area (Å²) in [6.45, 7) is 6.60. The zero-order valence-corrected chi connectivity index (χ0v) is 22.8. The molecule has 5 heteroatoms. The second-order valence-electron chi connectivity index (χ2n) is 10.7. The lowest BCUT2D eigenvalue weighted by Crippen LogP contribution is -2.36. The van der Waals surface area contributed by atoms with E-state index in [2.05, 4.69) is 17.4 Å². The molecule has 200 valence electrons. The van der Waals surface area contributed by atoms with E-state index in [1.54, 1.807) is 0 Å². The van der Waals surface area contributed by atoms with E-state index in [9.17, 15) is 9.59 Å². The molecule has 2 atom stereocenters. The van der Waals surface area contributed by atoms with Crippen LogP contribution >= 0.6 is 0 Å². The highest BCUT2D eigenvalue weighted by Crippen LogP contribution is 2.47. The number of hydrogen-bond donors (Lipinski definition) is 1. The quantitative estimate of drug-likeness (QED) is 0.329. The molecule has 1 heterocycles. The van der Waals surface area contributed by atoms with Gasteiger partial charge in [-0.25, -0.2) is 4.79 Å². The van der Waals surface area contributed by atoms with Gasteiger partial charge in [-0.3, -0.25) is 4.79 Å². The Labute approximate surface area is 230 Å². The van der Waals surface area contributed by atoms with Gasteiger partial charge in [-0.2, -0.15) is 0 Å². The van der Waals surface area contributed by atoms with Gasteiger partial charge in [0.05, 0.1) is 18.1 Å². The van der Waals surface area contributed by atoms with Gasteiger partial charge >= 0.3 is 5.97 Å². The number of dihydropyridines is 1. The summed E-state index contributed by atoms with van der Waals surface area (Å²) in [5.74, 6) is 0.00172. The highest BCUT2D eigenvalue weighted by atomic mass is 16.5. The van der Waals surface area contributed by atoms with Crippen LogP contribution in [0.4, 0.5) is 0 Å². The predicted molar refractivity (Wildman–Crippen MR) is 152 cm³/mol. The lowest BCUT2D eigenvalue weighted by Gasteiger charge is -2.37. The topological polar surface area (TPSA) is 64.6 Å². The molecule has 2 aliphatic rings. The molecule has 1 aliphatic heterocycles. The summed E-state index contributed by atoms with van der Waals surface area (Å²) in [6, 6.07) is 27.8. The number of hydrogen-bond acceptors (Lipinski definition) is 5. The van der Waals surface area contributed by atoms with E-state index in [0.29, 0.717) is 48.6 Å². The molecule has 0 fully saturated rings. The molecule has 39 heavy (non-hydrogen) atoms. The zero-order valence-electron chi connectivity index (χ0n) is 22.8. The molecule has 0 saturated carbocycles. The van der Waals surface area contributed by atoms with E-state index < -0.39 is 11.9 Å². The highest BCUT2D eigenvalue weighted by molar-refractivity contribution is 6.04. The Bertz CT molecular complexity index is 1410. The first kappa shape index (κ1) is 26.5. The van der Waals surface area contributed by atoms with Crippen molar-refractivity contribution in [2.75, 3.05) is 6.61 Å². The third-order valence-electron chi connectivity index (χ3n) is 7.33. The number of rotatable bonds is 8. The second-order valence-corrected chi connectivity index (χ2v) is 10.7. The van der Waals surface area contributed by atoms with E-state index in [4.69, 9.17) is 9.47 Å². The molecule has 5 rings (SSSR count). The van der Waals surface area contributed by atoms with Crippen molar-refractivity contribution in [1.29, 1.82) is 0 Å². The molecule has 1 aliphatic carbocycles. The van der Waals surface area contributed by atoms with E-state index in [-0.39, 0.29) is 17.6 Å². The first-order valence-corrected chi connectivity index (χ1v) is 13.6. The minimum atomic E-state index is -0.572. The number of para-hydroxylation sites is 1. The number of ketones is 1. The summed E-state index contributed by atoms with van der Waals surface area (Å²) >= 11 is 0. The van der Waals surface area contributed by atoms with Crippen LogP contribution in [0.25, 0.3) is 0 Å². The van der Waals surface area contributed by atoms with Gasteiger partial charge in [-0.1, -0.05) is 92.7 Å². The van der Waals surface area contributed by atoms with Crippen LogP contribution in [0.2, 0.25) is 0 Å². The van der Waals surface area contributed by atoms with Crippen LogP contribution in [0.1, 0.15) is 62.1 Å². The minimum Gasteiger partial charge on any atom is -0.489 e. The van der Waals surface area contributed by atoms with E-state index in [1.807, 2.05) is 93.6 Å². The largest absolute Gasteiger partial charge is 0.489 e. The average Bonchev–Trinajstić information content (AvgIpc) is 2.95. The van der Waals surface area contributed by atoms with Crippen LogP contribution in [0, 0.1) is 5.92 Å². The molecule has 0 radical (unpaired) electrons. The molecule has 1 N–H and O–H groups in total. The molecule has 3 aromatic carbocycles. The average molecular weight is 522 g/mol. The summed E-state index contributed by atoms with van der Waals surface area (Å²) in [6.07, 6.45) is 1.09. The van der Waals surface area contributed by atoms with Gasteiger partial charge in [0.25, 0.3) is 0 Å². The Balaban J connectivity index is 1.56. The first-order chi connectivity index (χ1) is 18.9. The fourth-order valence-corrected chi connectivity index (χ4v) is 5.49. The number of allylic oxidation sites excluding steroid dienone is 3. The first-order valence-electron chi connectivity index (χ1n) is 13.6. The third kappa shape index (κ3) is 5.83. The molecule has 0 spiro atoms. The number of esters is 1. The van der Waals surface area contributed by atoms with Crippen molar-refractivity contribution >= 4 is 11.8 Å². The lowest BCUT2D eigenvalue weighted by atomic mass is 9.71. The fourth-order valence-electron chi connectivity index (χ4n) is 5.49. The Hall–Kier alpha value is -4.12. The number of nitrogens with one attached hydrogen (secondary N) is 1.